The first-order valence-corrected chi connectivity index (χ1v) is 9.78. The predicted octanol–water partition coefficient (Wildman–Crippen LogP) is 2.94. The maximum Gasteiger partial charge on any atom is 0.266 e. The van der Waals surface area contributed by atoms with Crippen LogP contribution in [0.3, 0.4) is 0 Å². The third kappa shape index (κ3) is 4.23. The van der Waals surface area contributed by atoms with Gasteiger partial charge in [-0.3, -0.25) is 10.2 Å². The maximum absolute atomic E-state index is 12.7. The molecule has 1 amide bonds. The van der Waals surface area contributed by atoms with Crippen molar-refractivity contribution in [3.8, 4) is 5.75 Å². The molecule has 0 aromatic heterocycles. The van der Waals surface area contributed by atoms with Crippen LogP contribution in [0.25, 0.3) is 0 Å². The first-order chi connectivity index (χ1) is 12.2. The van der Waals surface area contributed by atoms with Crippen LogP contribution in [0.2, 0.25) is 0 Å². The first-order valence-electron chi connectivity index (χ1n) is 8.29. The van der Waals surface area contributed by atoms with Crippen LogP contribution in [0.1, 0.15) is 39.5 Å². The first kappa shape index (κ1) is 19.9. The molecule has 0 fully saturated rings. The molecule has 140 valence electrons. The predicted molar refractivity (Wildman–Crippen MR) is 101 cm³/mol. The van der Waals surface area contributed by atoms with Crippen LogP contribution in [0.5, 0.6) is 5.75 Å². The van der Waals surface area contributed by atoms with E-state index in [0.29, 0.717) is 29.0 Å². The molecule has 0 unspecified atom stereocenters. The molecule has 0 aliphatic rings. The van der Waals surface area contributed by atoms with Crippen molar-refractivity contribution < 1.29 is 17.9 Å². The largest absolute Gasteiger partial charge is 0.494 e. The zero-order chi connectivity index (χ0) is 19.5. The number of nitrogens with one attached hydrogen (secondary N) is 2. The maximum atomic E-state index is 12.7. The van der Waals surface area contributed by atoms with Gasteiger partial charge in [0.2, 0.25) is 0 Å². The minimum atomic E-state index is -3.89. The lowest BCUT2D eigenvalue weighted by molar-refractivity contribution is 0.0945. The smallest absolute Gasteiger partial charge is 0.266 e. The number of amides is 1. The van der Waals surface area contributed by atoms with Crippen LogP contribution < -0.4 is 15.0 Å². The Labute approximate surface area is 154 Å². The van der Waals surface area contributed by atoms with Crippen molar-refractivity contribution in [2.75, 3.05) is 6.61 Å². The lowest BCUT2D eigenvalue weighted by atomic mass is 10.0. The van der Waals surface area contributed by atoms with Crippen LogP contribution in [-0.2, 0) is 10.0 Å². The Kier molecular flexibility index (Phi) is 6.05. The third-order valence-electron chi connectivity index (χ3n) is 4.29. The fraction of sp³-hybridized carbons (Fsp3) is 0.316. The highest BCUT2D eigenvalue weighted by Gasteiger charge is 2.22. The molecule has 0 aliphatic carbocycles. The number of benzene rings is 2. The Bertz CT molecular complexity index is 893. The van der Waals surface area contributed by atoms with Crippen LogP contribution in [0.15, 0.2) is 35.2 Å². The molecule has 2 aromatic carbocycles. The van der Waals surface area contributed by atoms with Gasteiger partial charge in [0, 0.05) is 5.56 Å². The highest BCUT2D eigenvalue weighted by molar-refractivity contribution is 7.89. The monoisotopic (exact) mass is 376 g/mol. The van der Waals surface area contributed by atoms with Gasteiger partial charge in [0.1, 0.15) is 5.75 Å². The molecule has 0 heterocycles. The summed E-state index contributed by atoms with van der Waals surface area (Å²) in [4.78, 5) is 14.6. The SMILES string of the molecule is CCOc1ccc(C(=O)NNS(=O)(=O)c2c(C)c(C)cc(C)c2C)cc1. The third-order valence-corrected chi connectivity index (χ3v) is 5.81. The molecule has 7 heteroatoms. The number of ether oxygens (including phenoxy) is 1. The molecule has 0 saturated carbocycles. The van der Waals surface area contributed by atoms with Crippen molar-refractivity contribution >= 4 is 15.9 Å². The number of carbonyl (C=O) groups excluding carboxylic acids is 1. The number of hydrazine groups is 1. The zero-order valence-electron chi connectivity index (χ0n) is 15.6. The van der Waals surface area contributed by atoms with Gasteiger partial charge in [-0.15, -0.1) is 4.83 Å². The van der Waals surface area contributed by atoms with Crippen molar-refractivity contribution in [3.05, 3.63) is 58.1 Å². The molecule has 0 saturated heterocycles. The summed E-state index contributed by atoms with van der Waals surface area (Å²) in [5.41, 5.74) is 5.68. The topological polar surface area (TPSA) is 84.5 Å². The van der Waals surface area contributed by atoms with Gasteiger partial charge in [-0.2, -0.15) is 0 Å². The number of rotatable bonds is 6. The summed E-state index contributed by atoms with van der Waals surface area (Å²) in [5, 5.41) is 0. The number of sulfonamides is 1. The van der Waals surface area contributed by atoms with Gasteiger partial charge in [0.25, 0.3) is 15.9 Å². The van der Waals surface area contributed by atoms with Crippen LogP contribution in [0.4, 0.5) is 0 Å². The van der Waals surface area contributed by atoms with E-state index in [-0.39, 0.29) is 4.90 Å². The fourth-order valence-corrected chi connectivity index (χ4v) is 4.15. The van der Waals surface area contributed by atoms with Crippen LogP contribution in [-0.4, -0.2) is 20.9 Å². The molecular weight excluding hydrogens is 352 g/mol. The molecule has 0 bridgehead atoms. The average molecular weight is 376 g/mol. The Morgan fingerprint density at radius 1 is 1.00 bits per heavy atom. The van der Waals surface area contributed by atoms with E-state index in [1.807, 2.05) is 26.8 Å². The molecule has 6 nitrogen and oxygen atoms in total. The van der Waals surface area contributed by atoms with E-state index in [2.05, 4.69) is 10.3 Å². The minimum absolute atomic E-state index is 0.196. The Hall–Kier alpha value is -2.38. The highest BCUT2D eigenvalue weighted by Crippen LogP contribution is 2.25. The Balaban J connectivity index is 2.19. The highest BCUT2D eigenvalue weighted by atomic mass is 32.2. The fourth-order valence-electron chi connectivity index (χ4n) is 2.69. The van der Waals surface area contributed by atoms with E-state index in [1.165, 1.54) is 0 Å². The molecule has 2 aromatic rings. The zero-order valence-corrected chi connectivity index (χ0v) is 16.5. The normalized spacial score (nSPS) is 11.3. The van der Waals surface area contributed by atoms with Gasteiger partial charge < -0.3 is 4.74 Å². The summed E-state index contributed by atoms with van der Waals surface area (Å²) in [6.07, 6.45) is 0. The lowest BCUT2D eigenvalue weighted by Crippen LogP contribution is -2.42. The number of hydrogen-bond acceptors (Lipinski definition) is 4. The molecule has 2 rings (SSSR count). The van der Waals surface area contributed by atoms with E-state index < -0.39 is 15.9 Å². The molecule has 0 radical (unpaired) electrons. The van der Waals surface area contributed by atoms with E-state index in [1.54, 1.807) is 38.1 Å². The van der Waals surface area contributed by atoms with Gasteiger partial charge >= 0.3 is 0 Å². The van der Waals surface area contributed by atoms with Crippen molar-refractivity contribution in [2.24, 2.45) is 0 Å². The summed E-state index contributed by atoms with van der Waals surface area (Å²) < 4.78 is 30.7. The average Bonchev–Trinajstić information content (AvgIpc) is 2.59. The van der Waals surface area contributed by atoms with Crippen molar-refractivity contribution in [1.29, 1.82) is 0 Å². The summed E-state index contributed by atoms with van der Waals surface area (Å²) in [6.45, 7) is 9.63. The van der Waals surface area contributed by atoms with E-state index >= 15 is 0 Å². The van der Waals surface area contributed by atoms with E-state index in [9.17, 15) is 13.2 Å². The van der Waals surface area contributed by atoms with E-state index in [4.69, 9.17) is 4.74 Å². The van der Waals surface area contributed by atoms with Crippen LogP contribution in [0, 0.1) is 27.7 Å². The number of hydrogen-bond donors (Lipinski definition) is 2. The van der Waals surface area contributed by atoms with Gasteiger partial charge in [0.15, 0.2) is 0 Å². The second-order valence-corrected chi connectivity index (χ2v) is 7.73. The Morgan fingerprint density at radius 3 is 2.04 bits per heavy atom. The van der Waals surface area contributed by atoms with Crippen LogP contribution >= 0.6 is 0 Å². The summed E-state index contributed by atoms with van der Waals surface area (Å²) in [6, 6.07) is 8.41. The van der Waals surface area contributed by atoms with E-state index in [0.717, 1.165) is 11.1 Å². The molecule has 0 aliphatic heterocycles. The van der Waals surface area contributed by atoms with Gasteiger partial charge in [-0.1, -0.05) is 6.07 Å². The second kappa shape index (κ2) is 7.88. The van der Waals surface area contributed by atoms with Crippen molar-refractivity contribution in [3.63, 3.8) is 0 Å². The van der Waals surface area contributed by atoms with Crippen molar-refractivity contribution in [2.45, 2.75) is 39.5 Å². The molecule has 26 heavy (non-hydrogen) atoms. The van der Waals surface area contributed by atoms with Gasteiger partial charge in [-0.05, 0) is 81.1 Å². The Morgan fingerprint density at radius 2 is 1.54 bits per heavy atom. The molecule has 2 N–H and O–H groups in total. The van der Waals surface area contributed by atoms with Gasteiger partial charge in [-0.25, -0.2) is 8.42 Å². The molecule has 0 spiro atoms. The second-order valence-electron chi connectivity index (χ2n) is 6.11. The van der Waals surface area contributed by atoms with Crippen molar-refractivity contribution in [1.82, 2.24) is 10.3 Å². The minimum Gasteiger partial charge on any atom is -0.494 e. The molecular formula is C19H24N2O4S. The quantitative estimate of drug-likeness (QED) is 0.759. The summed E-state index contributed by atoms with van der Waals surface area (Å²) >= 11 is 0. The number of aryl methyl sites for hydroxylation is 2. The standard InChI is InChI=1S/C19H24N2O4S/c1-6-25-17-9-7-16(8-10-17)19(22)20-21-26(23,24)18-14(4)12(2)11-13(3)15(18)5/h7-11,21H,6H2,1-5H3,(H,20,22). The summed E-state index contributed by atoms with van der Waals surface area (Å²) in [5.74, 6) is 0.0995. The summed E-state index contributed by atoms with van der Waals surface area (Å²) in [7, 11) is -3.89. The van der Waals surface area contributed by atoms with Gasteiger partial charge in [0.05, 0.1) is 11.5 Å². The number of carbonyl (C=O) groups is 1. The molecule has 0 atom stereocenters. The lowest BCUT2D eigenvalue weighted by Gasteiger charge is -2.16.